The lowest BCUT2D eigenvalue weighted by atomic mass is 9.56. The molecular weight excluding hydrogens is 553 g/mol. The molecule has 42 heavy (non-hydrogen) atoms. The van der Waals surface area contributed by atoms with Crippen molar-refractivity contribution < 1.29 is 48.7 Å². The maximum absolute atomic E-state index is 13.7. The minimum atomic E-state index is -2.68. The number of nitrogens with one attached hydrogen (secondary N) is 1. The van der Waals surface area contributed by atoms with Crippen molar-refractivity contribution in [3.8, 4) is 11.5 Å². The van der Waals surface area contributed by atoms with E-state index in [1.165, 1.54) is 12.1 Å². The number of carbonyl (C=O) groups excluding carboxylic acids is 4. The molecule has 7 N–H and O–H groups in total. The normalized spacial score (nSPS) is 26.6. The van der Waals surface area contributed by atoms with Gasteiger partial charge >= 0.3 is 6.09 Å². The summed E-state index contributed by atoms with van der Waals surface area (Å²) in [4.78, 5) is 52.9. The molecule has 5 atom stereocenters. The van der Waals surface area contributed by atoms with Crippen LogP contribution in [0.2, 0.25) is 0 Å². The van der Waals surface area contributed by atoms with E-state index in [0.717, 1.165) is 12.1 Å². The van der Waals surface area contributed by atoms with E-state index in [1.807, 2.05) is 0 Å². The number of primary amides is 1. The molecule has 3 aliphatic rings. The first-order valence-corrected chi connectivity index (χ1v) is 13.2. The summed E-state index contributed by atoms with van der Waals surface area (Å²) in [5, 5.41) is 47.0. The first-order chi connectivity index (χ1) is 19.7. The highest BCUT2D eigenvalue weighted by atomic mass is 19.1. The van der Waals surface area contributed by atoms with Crippen LogP contribution in [0.4, 0.5) is 14.9 Å². The zero-order valence-corrected chi connectivity index (χ0v) is 22.8. The number of rotatable bonds is 5. The van der Waals surface area contributed by atoms with Crippen LogP contribution in [0.1, 0.15) is 29.5 Å². The molecule has 222 valence electrons. The zero-order chi connectivity index (χ0) is 30.7. The second kappa shape index (κ2) is 10.4. The Balaban J connectivity index is 1.51. The van der Waals surface area contributed by atoms with Crippen LogP contribution in [0.5, 0.6) is 11.5 Å². The van der Waals surface area contributed by atoms with Gasteiger partial charge in [-0.15, -0.1) is 0 Å². The van der Waals surface area contributed by atoms with Crippen molar-refractivity contribution in [3.63, 3.8) is 0 Å². The molecule has 2 unspecified atom stereocenters. The fourth-order valence-corrected chi connectivity index (χ4v) is 6.37. The van der Waals surface area contributed by atoms with Crippen LogP contribution >= 0.6 is 0 Å². The number of ether oxygens (including phenoxy) is 1. The van der Waals surface area contributed by atoms with Gasteiger partial charge in [-0.3, -0.25) is 14.4 Å². The van der Waals surface area contributed by atoms with Gasteiger partial charge in [-0.25, -0.2) is 9.18 Å². The van der Waals surface area contributed by atoms with Crippen molar-refractivity contribution in [2.45, 2.75) is 37.5 Å². The molecule has 0 bridgehead atoms. The lowest BCUT2D eigenvalue weighted by Crippen LogP contribution is -2.66. The van der Waals surface area contributed by atoms with E-state index in [-0.39, 0.29) is 48.3 Å². The number of nitrogens with two attached hydrogens (primary N) is 1. The molecule has 13 heteroatoms. The van der Waals surface area contributed by atoms with Crippen molar-refractivity contribution in [3.05, 3.63) is 58.4 Å². The summed E-state index contributed by atoms with van der Waals surface area (Å²) in [5.41, 5.74) is 3.46. The Labute approximate surface area is 239 Å². The number of aliphatic hydroxyl groups is 3. The number of fused-ring (bicyclic) bond motifs is 3. The number of Topliss-reactive ketones (excluding diaryl/α,β-unsaturated/α-hetero) is 2. The third-order valence-electron chi connectivity index (χ3n) is 8.37. The molecule has 12 nitrogen and oxygen atoms in total. The Kier molecular flexibility index (Phi) is 7.19. The lowest BCUT2D eigenvalue weighted by Gasteiger charge is -2.48. The molecule has 2 aromatic carbocycles. The second-order valence-electron chi connectivity index (χ2n) is 11.1. The number of ketones is 2. The van der Waals surface area contributed by atoms with Crippen molar-refractivity contribution in [2.75, 3.05) is 19.0 Å². The Morgan fingerprint density at radius 3 is 2.45 bits per heavy atom. The molecule has 2 fully saturated rings. The molecule has 0 heterocycles. The molecule has 2 amide bonds. The number of carbonyl (C=O) groups is 4. The number of nitrogens with zero attached hydrogens (tertiary/aromatic N) is 1. The third-order valence-corrected chi connectivity index (χ3v) is 8.37. The predicted molar refractivity (Wildman–Crippen MR) is 145 cm³/mol. The van der Waals surface area contributed by atoms with Crippen molar-refractivity contribution in [1.29, 1.82) is 0 Å². The molecule has 2 aromatic rings. The van der Waals surface area contributed by atoms with Crippen molar-refractivity contribution in [2.24, 2.45) is 23.5 Å². The zero-order valence-electron chi connectivity index (χ0n) is 22.8. The quantitative estimate of drug-likeness (QED) is 0.277. The number of anilines is 1. The smallest absolute Gasteiger partial charge is 0.412 e. The topological polar surface area (TPSA) is 200 Å². The van der Waals surface area contributed by atoms with Gasteiger partial charge in [-0.2, -0.15) is 0 Å². The van der Waals surface area contributed by atoms with Crippen molar-refractivity contribution in [1.82, 2.24) is 5.32 Å². The molecule has 3 aliphatic carbocycles. The van der Waals surface area contributed by atoms with Gasteiger partial charge in [0.15, 0.2) is 11.4 Å². The molecule has 0 radical (unpaired) electrons. The van der Waals surface area contributed by atoms with E-state index >= 15 is 0 Å². The van der Waals surface area contributed by atoms with Crippen LogP contribution < -0.4 is 20.7 Å². The van der Waals surface area contributed by atoms with E-state index in [2.05, 4.69) is 5.32 Å². The highest BCUT2D eigenvalue weighted by Crippen LogP contribution is 2.53. The third kappa shape index (κ3) is 4.54. The van der Waals surface area contributed by atoms with Gasteiger partial charge in [0.25, 0.3) is 0 Å². The highest BCUT2D eigenvalue weighted by Gasteiger charge is 2.64. The number of phenols is 1. The van der Waals surface area contributed by atoms with Gasteiger partial charge in [0.2, 0.25) is 11.7 Å². The number of phenolic OH excluding ortho intramolecular Hbond substituents is 1. The SMILES string of the molecule is CN(C)c1cc(CNC(=O)Oc2ccc(F)cc2)c(O)c2c1C[C@H]1C[C@H]3CC(O)C(C(N)=O)C(=O)[C@@]3(O)C(=O)C1=C2O. The lowest BCUT2D eigenvalue weighted by molar-refractivity contribution is -0.174. The standard InChI is InChI=1S/C29H30FN3O9/c1-33(2)18-9-13(11-32-28(40)42-16-5-3-15(30)4-6-16)23(35)21-17(18)8-12-7-14-10-19(34)22(27(31)39)26(38)29(14,41)25(37)20(12)24(21)36/h3-6,9,12,14,19,22,34-36,41H,7-8,10-11H2,1-2H3,(H2,31,39)(H,32,40)/t12-,14+,19?,22?,29+/m1/s1. The van der Waals surface area contributed by atoms with Crippen LogP contribution in [0, 0.1) is 23.6 Å². The maximum Gasteiger partial charge on any atom is 0.412 e. The molecule has 0 aromatic heterocycles. The average molecular weight is 584 g/mol. The predicted octanol–water partition coefficient (Wildman–Crippen LogP) is 1.08. The number of aliphatic hydroxyl groups excluding tert-OH is 2. The van der Waals surface area contributed by atoms with Gasteiger partial charge < -0.3 is 41.1 Å². The first-order valence-electron chi connectivity index (χ1n) is 13.2. The number of halogens is 1. The number of benzene rings is 2. The summed E-state index contributed by atoms with van der Waals surface area (Å²) in [6.07, 6.45) is -2.39. The van der Waals surface area contributed by atoms with Gasteiger partial charge in [0, 0.05) is 43.4 Å². The Hall–Kier alpha value is -4.49. The fraction of sp³-hybridized carbons (Fsp3) is 0.379. The van der Waals surface area contributed by atoms with Crippen LogP contribution in [0.3, 0.4) is 0 Å². The fourth-order valence-electron chi connectivity index (χ4n) is 6.37. The maximum atomic E-state index is 13.7. The minimum absolute atomic E-state index is 0.0432. The van der Waals surface area contributed by atoms with Gasteiger partial charge in [0.1, 0.15) is 29.0 Å². The van der Waals surface area contributed by atoms with Crippen LogP contribution in [-0.2, 0) is 27.3 Å². The Morgan fingerprint density at radius 1 is 1.17 bits per heavy atom. The highest BCUT2D eigenvalue weighted by molar-refractivity contribution is 6.24. The summed E-state index contributed by atoms with van der Waals surface area (Å²) >= 11 is 0. The minimum Gasteiger partial charge on any atom is -0.507 e. The first kappa shape index (κ1) is 29.0. The van der Waals surface area contributed by atoms with Crippen LogP contribution in [0.25, 0.3) is 5.76 Å². The summed E-state index contributed by atoms with van der Waals surface area (Å²) in [6, 6.07) is 6.37. The average Bonchev–Trinajstić information content (AvgIpc) is 2.91. The molecule has 0 aliphatic heterocycles. The number of hydrogen-bond acceptors (Lipinski definition) is 10. The number of amides is 2. The largest absolute Gasteiger partial charge is 0.507 e. The summed E-state index contributed by atoms with van der Waals surface area (Å²) in [5.74, 6) is -8.46. The molecule has 0 saturated heterocycles. The molecular formula is C29H30FN3O9. The second-order valence-corrected chi connectivity index (χ2v) is 11.1. The van der Waals surface area contributed by atoms with Gasteiger partial charge in [-0.05, 0) is 61.1 Å². The molecule has 2 saturated carbocycles. The van der Waals surface area contributed by atoms with Gasteiger partial charge in [-0.1, -0.05) is 0 Å². The Bertz CT molecular complexity index is 1540. The van der Waals surface area contributed by atoms with E-state index in [0.29, 0.717) is 11.3 Å². The number of aromatic hydroxyl groups is 1. The molecule has 5 rings (SSSR count). The van der Waals surface area contributed by atoms with E-state index in [1.54, 1.807) is 25.1 Å². The summed E-state index contributed by atoms with van der Waals surface area (Å²) < 4.78 is 18.2. The van der Waals surface area contributed by atoms with Crippen molar-refractivity contribution >= 4 is 35.0 Å². The van der Waals surface area contributed by atoms with Crippen LogP contribution in [0.15, 0.2) is 35.9 Å². The van der Waals surface area contributed by atoms with E-state index in [4.69, 9.17) is 10.5 Å². The molecule has 0 spiro atoms. The van der Waals surface area contributed by atoms with E-state index < -0.39 is 70.4 Å². The Morgan fingerprint density at radius 2 is 1.83 bits per heavy atom. The number of hydrogen-bond donors (Lipinski definition) is 6. The summed E-state index contributed by atoms with van der Waals surface area (Å²) in [7, 11) is 3.46. The van der Waals surface area contributed by atoms with Crippen LogP contribution in [-0.4, -0.2) is 69.8 Å². The summed E-state index contributed by atoms with van der Waals surface area (Å²) in [6.45, 7) is -0.261. The van der Waals surface area contributed by atoms with E-state index in [9.17, 15) is 44.0 Å². The van der Waals surface area contributed by atoms with Gasteiger partial charge in [0.05, 0.1) is 11.7 Å². The monoisotopic (exact) mass is 583 g/mol.